The smallest absolute Gasteiger partial charge is 0.263 e. The number of amides is 1. The molecule has 0 fully saturated rings. The summed E-state index contributed by atoms with van der Waals surface area (Å²) in [5.74, 6) is 1.63. The van der Waals surface area contributed by atoms with E-state index in [9.17, 15) is 9.90 Å². The van der Waals surface area contributed by atoms with E-state index >= 15 is 0 Å². The van der Waals surface area contributed by atoms with Gasteiger partial charge < -0.3 is 19.3 Å². The summed E-state index contributed by atoms with van der Waals surface area (Å²) in [6, 6.07) is 6.50. The average molecular weight is 332 g/mol. The van der Waals surface area contributed by atoms with Gasteiger partial charge in [0.2, 0.25) is 0 Å². The van der Waals surface area contributed by atoms with Gasteiger partial charge in [0.1, 0.15) is 22.4 Å². The predicted molar refractivity (Wildman–Crippen MR) is 85.3 cm³/mol. The first-order chi connectivity index (χ1) is 11.1. The second kappa shape index (κ2) is 6.39. The van der Waals surface area contributed by atoms with E-state index in [2.05, 4.69) is 10.3 Å². The Bertz CT molecular complexity index is 804. The zero-order valence-corrected chi connectivity index (χ0v) is 13.5. The number of hydrogen-bond donors (Lipinski definition) is 2. The Hall–Kier alpha value is -2.38. The number of aliphatic hydroxyl groups is 1. The highest BCUT2D eigenvalue weighted by Crippen LogP contribution is 2.29. The molecule has 0 spiro atoms. The number of carbonyl (C=O) groups excluding carboxylic acids is 1. The molecule has 0 aromatic carbocycles. The van der Waals surface area contributed by atoms with Crippen LogP contribution in [0.2, 0.25) is 0 Å². The van der Waals surface area contributed by atoms with Crippen LogP contribution in [-0.4, -0.2) is 22.6 Å². The van der Waals surface area contributed by atoms with Gasteiger partial charge in [0, 0.05) is 0 Å². The molecule has 120 valence electrons. The summed E-state index contributed by atoms with van der Waals surface area (Å²) in [5.41, 5.74) is 0.618. The zero-order chi connectivity index (χ0) is 16.4. The first kappa shape index (κ1) is 15.5. The van der Waals surface area contributed by atoms with Crippen molar-refractivity contribution in [3.8, 4) is 10.8 Å². The normalized spacial score (nSPS) is 12.3. The highest BCUT2D eigenvalue weighted by atomic mass is 32.1. The maximum absolute atomic E-state index is 12.5. The number of aliphatic hydroxyl groups excluding tert-OH is 1. The Kier molecular flexibility index (Phi) is 4.31. The van der Waals surface area contributed by atoms with Gasteiger partial charge in [-0.1, -0.05) is 0 Å². The molecule has 0 saturated heterocycles. The second-order valence-electron chi connectivity index (χ2n) is 5.07. The molecule has 0 aliphatic carbocycles. The minimum atomic E-state index is -0.590. The third kappa shape index (κ3) is 3.20. The summed E-state index contributed by atoms with van der Waals surface area (Å²) in [7, 11) is 0. The van der Waals surface area contributed by atoms with Crippen LogP contribution in [0.1, 0.15) is 32.9 Å². The van der Waals surface area contributed by atoms with E-state index in [-0.39, 0.29) is 12.5 Å². The van der Waals surface area contributed by atoms with Gasteiger partial charge >= 0.3 is 0 Å². The third-order valence-corrected chi connectivity index (χ3v) is 4.50. The third-order valence-electron chi connectivity index (χ3n) is 3.33. The average Bonchev–Trinajstić information content (AvgIpc) is 3.25. The monoisotopic (exact) mass is 332 g/mol. The quantitative estimate of drug-likeness (QED) is 0.749. The Balaban J connectivity index is 1.81. The van der Waals surface area contributed by atoms with Gasteiger partial charge in [-0.2, -0.15) is 0 Å². The Morgan fingerprint density at radius 1 is 1.39 bits per heavy atom. The molecule has 0 bridgehead atoms. The highest BCUT2D eigenvalue weighted by molar-refractivity contribution is 7.17. The van der Waals surface area contributed by atoms with Gasteiger partial charge in [0.05, 0.1) is 18.6 Å². The standard InChI is InChI=1S/C16H16N2O4S/c1-9-5-6-13(22-9)16-17-10(2)14(23-16)15(20)18-11(8-19)12-4-3-7-21-12/h3-7,11,19H,8H2,1-2H3,(H,18,20). The fraction of sp³-hybridized carbons (Fsp3) is 0.250. The molecule has 1 amide bonds. The van der Waals surface area contributed by atoms with Crippen LogP contribution in [-0.2, 0) is 0 Å². The van der Waals surface area contributed by atoms with Crippen LogP contribution in [0.25, 0.3) is 10.8 Å². The molecule has 1 atom stereocenters. The van der Waals surface area contributed by atoms with E-state index in [1.54, 1.807) is 19.1 Å². The Labute approximate surface area is 136 Å². The summed E-state index contributed by atoms with van der Waals surface area (Å²) >= 11 is 1.25. The van der Waals surface area contributed by atoms with Gasteiger partial charge in [-0.3, -0.25) is 4.79 Å². The van der Waals surface area contributed by atoms with E-state index < -0.39 is 6.04 Å². The lowest BCUT2D eigenvalue weighted by Gasteiger charge is -2.13. The summed E-state index contributed by atoms with van der Waals surface area (Å²) in [6.45, 7) is 3.37. The molecule has 1 unspecified atom stereocenters. The maximum Gasteiger partial charge on any atom is 0.263 e. The fourth-order valence-electron chi connectivity index (χ4n) is 2.18. The van der Waals surface area contributed by atoms with Crippen molar-refractivity contribution in [1.82, 2.24) is 10.3 Å². The Morgan fingerprint density at radius 3 is 2.83 bits per heavy atom. The summed E-state index contributed by atoms with van der Waals surface area (Å²) in [4.78, 5) is 17.3. The van der Waals surface area contributed by atoms with Gasteiger partial charge in [0.15, 0.2) is 10.8 Å². The Morgan fingerprint density at radius 2 is 2.22 bits per heavy atom. The van der Waals surface area contributed by atoms with Gasteiger partial charge in [0.25, 0.3) is 5.91 Å². The number of carbonyl (C=O) groups is 1. The molecule has 3 heterocycles. The molecule has 23 heavy (non-hydrogen) atoms. The lowest BCUT2D eigenvalue weighted by atomic mass is 10.2. The molecule has 0 aliphatic heterocycles. The van der Waals surface area contributed by atoms with Crippen molar-refractivity contribution in [2.75, 3.05) is 6.61 Å². The molecule has 0 radical (unpaired) electrons. The number of nitrogens with one attached hydrogen (secondary N) is 1. The van der Waals surface area contributed by atoms with Crippen molar-refractivity contribution < 1.29 is 18.7 Å². The number of hydrogen-bond acceptors (Lipinski definition) is 6. The topological polar surface area (TPSA) is 88.5 Å². The van der Waals surface area contributed by atoms with Crippen molar-refractivity contribution in [3.63, 3.8) is 0 Å². The summed E-state index contributed by atoms with van der Waals surface area (Å²) in [5, 5.41) is 12.9. The number of thiazole rings is 1. The van der Waals surface area contributed by atoms with E-state index in [1.165, 1.54) is 17.6 Å². The highest BCUT2D eigenvalue weighted by Gasteiger charge is 2.22. The van der Waals surface area contributed by atoms with Gasteiger partial charge in [-0.05, 0) is 38.1 Å². The molecular formula is C16H16N2O4S. The van der Waals surface area contributed by atoms with Crippen molar-refractivity contribution in [1.29, 1.82) is 0 Å². The first-order valence-electron chi connectivity index (χ1n) is 7.08. The van der Waals surface area contributed by atoms with Crippen molar-refractivity contribution in [2.24, 2.45) is 0 Å². The lowest BCUT2D eigenvalue weighted by molar-refractivity contribution is 0.0910. The molecule has 6 nitrogen and oxygen atoms in total. The second-order valence-corrected chi connectivity index (χ2v) is 6.07. The molecule has 0 saturated carbocycles. The molecule has 3 rings (SSSR count). The molecule has 7 heteroatoms. The minimum absolute atomic E-state index is 0.249. The molecular weight excluding hydrogens is 316 g/mol. The van der Waals surface area contributed by atoms with Crippen LogP contribution >= 0.6 is 11.3 Å². The maximum atomic E-state index is 12.5. The number of aromatic nitrogens is 1. The number of nitrogens with zero attached hydrogens (tertiary/aromatic N) is 1. The fourth-order valence-corrected chi connectivity index (χ4v) is 3.11. The van der Waals surface area contributed by atoms with E-state index in [0.717, 1.165) is 5.76 Å². The minimum Gasteiger partial charge on any atom is -0.467 e. The largest absolute Gasteiger partial charge is 0.467 e. The lowest BCUT2D eigenvalue weighted by Crippen LogP contribution is -2.30. The van der Waals surface area contributed by atoms with Crippen LogP contribution in [0, 0.1) is 13.8 Å². The van der Waals surface area contributed by atoms with Crippen LogP contribution in [0.4, 0.5) is 0 Å². The summed E-state index contributed by atoms with van der Waals surface area (Å²) < 4.78 is 10.8. The number of aryl methyl sites for hydroxylation is 2. The molecule has 2 N–H and O–H groups in total. The first-order valence-corrected chi connectivity index (χ1v) is 7.89. The van der Waals surface area contributed by atoms with Crippen LogP contribution < -0.4 is 5.32 Å². The van der Waals surface area contributed by atoms with Crippen LogP contribution in [0.3, 0.4) is 0 Å². The zero-order valence-electron chi connectivity index (χ0n) is 12.7. The van der Waals surface area contributed by atoms with Gasteiger partial charge in [-0.15, -0.1) is 11.3 Å². The van der Waals surface area contributed by atoms with E-state index in [1.807, 2.05) is 19.1 Å². The van der Waals surface area contributed by atoms with E-state index in [0.29, 0.717) is 27.1 Å². The van der Waals surface area contributed by atoms with Crippen molar-refractivity contribution in [3.05, 3.63) is 52.6 Å². The molecule has 3 aromatic rings. The van der Waals surface area contributed by atoms with Crippen LogP contribution in [0.5, 0.6) is 0 Å². The van der Waals surface area contributed by atoms with E-state index in [4.69, 9.17) is 8.83 Å². The molecule has 0 aliphatic rings. The predicted octanol–water partition coefficient (Wildman–Crippen LogP) is 3.08. The number of rotatable bonds is 5. The van der Waals surface area contributed by atoms with Gasteiger partial charge in [-0.25, -0.2) is 4.98 Å². The van der Waals surface area contributed by atoms with Crippen molar-refractivity contribution in [2.45, 2.75) is 19.9 Å². The van der Waals surface area contributed by atoms with Crippen molar-refractivity contribution >= 4 is 17.2 Å². The van der Waals surface area contributed by atoms with Crippen LogP contribution in [0.15, 0.2) is 39.4 Å². The SMILES string of the molecule is Cc1ccc(-c2nc(C)c(C(=O)NC(CO)c3ccco3)s2)o1. The molecule has 3 aromatic heterocycles. The number of furan rings is 2. The summed E-state index contributed by atoms with van der Waals surface area (Å²) in [6.07, 6.45) is 1.50.